The fourth-order valence-corrected chi connectivity index (χ4v) is 0. The largest absolute Gasteiger partial charge is 0.130 e. The van der Waals surface area contributed by atoms with Gasteiger partial charge in [-0.3, -0.25) is 0 Å². The van der Waals surface area contributed by atoms with Gasteiger partial charge in [-0.1, -0.05) is 12.2 Å². The molecule has 0 heterocycles. The van der Waals surface area contributed by atoms with Crippen LogP contribution in [0.15, 0.2) is 30.0 Å². The Kier molecular flexibility index (Phi) is 8.96. The summed E-state index contributed by atoms with van der Waals surface area (Å²) in [4.78, 5) is 0. The molecular formula is C9H16. The Morgan fingerprint density at radius 1 is 1.11 bits per heavy atom. The van der Waals surface area contributed by atoms with E-state index in [4.69, 9.17) is 0 Å². The molecule has 9 heavy (non-hydrogen) atoms. The predicted octanol–water partition coefficient (Wildman–Crippen LogP) is 3.32. The maximum Gasteiger partial charge on any atom is -0.0351 e. The minimum absolute atomic E-state index is 1.14. The van der Waals surface area contributed by atoms with E-state index in [-0.39, 0.29) is 0 Å². The molecule has 0 rings (SSSR count). The Morgan fingerprint density at radius 2 is 1.22 bits per heavy atom. The lowest BCUT2D eigenvalue weighted by Gasteiger charge is -1.67. The van der Waals surface area contributed by atoms with E-state index >= 15 is 0 Å². The van der Waals surface area contributed by atoms with Gasteiger partial charge in [0.05, 0.1) is 0 Å². The van der Waals surface area contributed by atoms with E-state index in [0.29, 0.717) is 0 Å². The average molecular weight is 124 g/mol. The predicted molar refractivity (Wildman–Crippen MR) is 44.5 cm³/mol. The highest BCUT2D eigenvalue weighted by atomic mass is 13.6. The Hall–Kier alpha value is -0.740. The van der Waals surface area contributed by atoms with E-state index in [1.165, 1.54) is 5.57 Å². The van der Waals surface area contributed by atoms with Crippen molar-refractivity contribution in [2.75, 3.05) is 0 Å². The summed E-state index contributed by atoms with van der Waals surface area (Å²) in [5.74, 6) is 0. The van der Waals surface area contributed by atoms with Gasteiger partial charge in [0, 0.05) is 0 Å². The van der Waals surface area contributed by atoms with Gasteiger partial charge in [-0.2, -0.15) is 0 Å². The monoisotopic (exact) mass is 124 g/mol. The van der Waals surface area contributed by atoms with E-state index in [0.717, 1.165) is 5.57 Å². The molecule has 52 valence electrons. The second-order valence-electron chi connectivity index (χ2n) is 2.38. The Morgan fingerprint density at radius 3 is 1.22 bits per heavy atom. The second-order valence-corrected chi connectivity index (χ2v) is 2.38. The standard InChI is InChI=1S/C5H8.C4H8/c1-4-5(2)3;1-4(2)3/h1H2,2-3H3;1H2,2-3H3. The van der Waals surface area contributed by atoms with E-state index in [1.807, 2.05) is 27.7 Å². The topological polar surface area (TPSA) is 0 Å². The smallest absolute Gasteiger partial charge is 0.0351 e. The molecule has 0 nitrogen and oxygen atoms in total. The zero-order valence-corrected chi connectivity index (χ0v) is 6.91. The first-order valence-corrected chi connectivity index (χ1v) is 2.96. The van der Waals surface area contributed by atoms with Crippen molar-refractivity contribution in [1.82, 2.24) is 0 Å². The molecule has 0 aliphatic rings. The summed E-state index contributed by atoms with van der Waals surface area (Å²) in [6, 6.07) is 0. The molecule has 0 heteroatoms. The van der Waals surface area contributed by atoms with Crippen molar-refractivity contribution in [1.29, 1.82) is 0 Å². The van der Waals surface area contributed by atoms with Gasteiger partial charge in [0.1, 0.15) is 0 Å². The number of rotatable bonds is 0. The van der Waals surface area contributed by atoms with Crippen LogP contribution in [-0.2, 0) is 0 Å². The Bertz CT molecular complexity index is 115. The van der Waals surface area contributed by atoms with Crippen molar-refractivity contribution >= 4 is 0 Å². The first-order chi connectivity index (χ1) is 4.00. The fourth-order valence-electron chi connectivity index (χ4n) is 0. The maximum atomic E-state index is 3.56. The van der Waals surface area contributed by atoms with Crippen LogP contribution in [-0.4, -0.2) is 0 Å². The lowest BCUT2D eigenvalue weighted by atomic mass is 10.4. The van der Waals surface area contributed by atoms with Crippen molar-refractivity contribution in [2.45, 2.75) is 27.7 Å². The molecule has 0 aromatic heterocycles. The molecule has 0 spiro atoms. The third kappa shape index (κ3) is 127. The molecule has 0 fully saturated rings. The van der Waals surface area contributed by atoms with Gasteiger partial charge in [0.15, 0.2) is 0 Å². The minimum Gasteiger partial charge on any atom is -0.130 e. The molecule has 0 N–H and O–H groups in total. The normalized spacial score (nSPS) is 6.22. The molecule has 0 bridgehead atoms. The van der Waals surface area contributed by atoms with Crippen LogP contribution in [0.2, 0.25) is 0 Å². The number of hydrogen-bond donors (Lipinski definition) is 0. The minimum atomic E-state index is 1.14. The quantitative estimate of drug-likeness (QED) is 0.343. The molecule has 0 aliphatic carbocycles. The third-order valence-electron chi connectivity index (χ3n) is 0.354. The van der Waals surface area contributed by atoms with Crippen molar-refractivity contribution in [3.05, 3.63) is 30.0 Å². The molecule has 0 aliphatic heterocycles. The van der Waals surface area contributed by atoms with Crippen LogP contribution in [0.3, 0.4) is 0 Å². The summed E-state index contributed by atoms with van der Waals surface area (Å²) in [7, 11) is 0. The summed E-state index contributed by atoms with van der Waals surface area (Å²) in [5, 5.41) is 0. The van der Waals surface area contributed by atoms with Gasteiger partial charge >= 0.3 is 0 Å². The number of allylic oxidation sites excluding steroid dienone is 2. The number of hydrogen-bond acceptors (Lipinski definition) is 0. The van der Waals surface area contributed by atoms with Crippen LogP contribution < -0.4 is 0 Å². The summed E-state index contributed by atoms with van der Waals surface area (Å²) in [5.41, 5.74) is 5.00. The molecule has 0 aromatic rings. The van der Waals surface area contributed by atoms with Crippen LogP contribution in [0.25, 0.3) is 0 Å². The molecule has 0 atom stereocenters. The lowest BCUT2D eigenvalue weighted by Crippen LogP contribution is -1.47. The van der Waals surface area contributed by atoms with E-state index < -0.39 is 0 Å². The molecule has 0 saturated heterocycles. The maximum absolute atomic E-state index is 3.56. The van der Waals surface area contributed by atoms with Crippen LogP contribution >= 0.6 is 0 Å². The van der Waals surface area contributed by atoms with Crippen molar-refractivity contribution in [2.24, 2.45) is 0 Å². The zero-order valence-electron chi connectivity index (χ0n) is 6.91. The molecule has 0 radical (unpaired) electrons. The molecular weight excluding hydrogens is 108 g/mol. The molecule has 0 aromatic carbocycles. The highest BCUT2D eigenvalue weighted by Gasteiger charge is 1.57. The zero-order chi connectivity index (χ0) is 7.86. The fraction of sp³-hybridized carbons (Fsp3) is 0.444. The Balaban J connectivity index is 0. The van der Waals surface area contributed by atoms with Crippen LogP contribution in [0.4, 0.5) is 0 Å². The first-order valence-electron chi connectivity index (χ1n) is 2.96. The SMILES string of the molecule is C=C(C)C.C=C=C(C)C. The van der Waals surface area contributed by atoms with Crippen molar-refractivity contribution < 1.29 is 0 Å². The van der Waals surface area contributed by atoms with Gasteiger partial charge in [-0.05, 0) is 33.3 Å². The van der Waals surface area contributed by atoms with E-state index in [2.05, 4.69) is 18.9 Å². The van der Waals surface area contributed by atoms with Gasteiger partial charge in [-0.25, -0.2) is 0 Å². The van der Waals surface area contributed by atoms with Crippen LogP contribution in [0.5, 0.6) is 0 Å². The average Bonchev–Trinajstić information content (AvgIpc) is 1.65. The van der Waals surface area contributed by atoms with Crippen LogP contribution in [0, 0.1) is 0 Å². The summed E-state index contributed by atoms with van der Waals surface area (Å²) < 4.78 is 0. The van der Waals surface area contributed by atoms with Gasteiger partial charge in [0.2, 0.25) is 0 Å². The first kappa shape index (κ1) is 11.1. The summed E-state index contributed by atoms with van der Waals surface area (Å²) in [6.45, 7) is 14.8. The highest BCUT2D eigenvalue weighted by molar-refractivity contribution is 4.87. The third-order valence-corrected chi connectivity index (χ3v) is 0.354. The molecule has 0 unspecified atom stereocenters. The van der Waals surface area contributed by atoms with Gasteiger partial charge in [0.25, 0.3) is 0 Å². The van der Waals surface area contributed by atoms with Crippen molar-refractivity contribution in [3.63, 3.8) is 0 Å². The van der Waals surface area contributed by atoms with Gasteiger partial charge < -0.3 is 0 Å². The second kappa shape index (κ2) is 7.26. The summed E-state index contributed by atoms with van der Waals surface area (Å²) >= 11 is 0. The van der Waals surface area contributed by atoms with E-state index in [9.17, 15) is 0 Å². The Labute approximate surface area is 58.6 Å². The van der Waals surface area contributed by atoms with Gasteiger partial charge in [-0.15, -0.1) is 12.3 Å². The molecule has 0 saturated carbocycles. The highest BCUT2D eigenvalue weighted by Crippen LogP contribution is 1.77. The lowest BCUT2D eigenvalue weighted by molar-refractivity contribution is 1.41. The summed E-state index contributed by atoms with van der Waals surface area (Å²) in [6.07, 6.45) is 0. The molecule has 0 amide bonds. The van der Waals surface area contributed by atoms with Crippen LogP contribution in [0.1, 0.15) is 27.7 Å². The van der Waals surface area contributed by atoms with Crippen molar-refractivity contribution in [3.8, 4) is 0 Å². The van der Waals surface area contributed by atoms with E-state index in [1.54, 1.807) is 0 Å².